The average molecular weight is 313 g/mol. The van der Waals surface area contributed by atoms with Gasteiger partial charge in [-0.3, -0.25) is 5.32 Å². The first-order valence-electron chi connectivity index (χ1n) is 7.43. The zero-order valence-electron chi connectivity index (χ0n) is 12.6. The number of aliphatic imine (C=N–C) groups is 1. The lowest BCUT2D eigenvalue weighted by molar-refractivity contribution is 0.259. The largest absolute Gasteiger partial charge is 0.356 e. The van der Waals surface area contributed by atoms with Gasteiger partial charge in [-0.05, 0) is 35.9 Å². The number of likely N-dealkylation sites (tertiary alicyclic amines) is 1. The van der Waals surface area contributed by atoms with Crippen LogP contribution >= 0.6 is 11.3 Å². The van der Waals surface area contributed by atoms with E-state index in [1.165, 1.54) is 16.9 Å². The molecule has 0 saturated carbocycles. The molecule has 1 aromatic heterocycles. The van der Waals surface area contributed by atoms with Crippen molar-refractivity contribution < 1.29 is 4.79 Å². The first kappa shape index (κ1) is 14.8. The molecule has 4 nitrogen and oxygen atoms in total. The van der Waals surface area contributed by atoms with E-state index in [1.807, 2.05) is 36.6 Å². The number of aryl methyl sites for hydroxylation is 1. The van der Waals surface area contributed by atoms with Crippen LogP contribution in [0.2, 0.25) is 0 Å². The second kappa shape index (κ2) is 6.75. The number of nitrogens with one attached hydrogen (secondary N) is 1. The van der Waals surface area contributed by atoms with Crippen molar-refractivity contribution in [3.05, 3.63) is 52.9 Å². The molecule has 1 fully saturated rings. The van der Waals surface area contributed by atoms with Crippen LogP contribution in [0.3, 0.4) is 0 Å². The summed E-state index contributed by atoms with van der Waals surface area (Å²) in [5.74, 6) is 0.884. The normalized spacial score (nSPS) is 16.2. The number of hydrogen-bond donors (Lipinski definition) is 1. The topological polar surface area (TPSA) is 44.7 Å². The maximum atomic E-state index is 12.1. The number of amides is 2. The maximum absolute atomic E-state index is 12.1. The SMILES string of the molecule is Cc1csc(NC(=O)N=C2CCCN2Cc2ccccc2)c1. The molecule has 0 atom stereocenters. The van der Waals surface area contributed by atoms with Gasteiger partial charge in [0.25, 0.3) is 0 Å². The number of rotatable bonds is 3. The zero-order chi connectivity index (χ0) is 15.4. The number of hydrogen-bond acceptors (Lipinski definition) is 2. The van der Waals surface area contributed by atoms with Crippen molar-refractivity contribution in [3.8, 4) is 0 Å². The van der Waals surface area contributed by atoms with Gasteiger partial charge in [0.05, 0.1) is 5.00 Å². The lowest BCUT2D eigenvalue weighted by atomic mass is 10.2. The number of thiophene rings is 1. The number of amidine groups is 1. The Labute approximate surface area is 134 Å². The summed E-state index contributed by atoms with van der Waals surface area (Å²) in [5.41, 5.74) is 2.39. The van der Waals surface area contributed by atoms with Gasteiger partial charge in [-0.15, -0.1) is 11.3 Å². The van der Waals surface area contributed by atoms with Crippen LogP contribution in [0.15, 0.2) is 46.8 Å². The van der Waals surface area contributed by atoms with Crippen LogP contribution in [0.1, 0.15) is 24.0 Å². The monoisotopic (exact) mass is 313 g/mol. The van der Waals surface area contributed by atoms with Gasteiger partial charge in [0, 0.05) is 19.5 Å². The van der Waals surface area contributed by atoms with Gasteiger partial charge in [0.2, 0.25) is 0 Å². The van der Waals surface area contributed by atoms with Crippen LogP contribution in [-0.4, -0.2) is 23.3 Å². The van der Waals surface area contributed by atoms with Crippen molar-refractivity contribution >= 4 is 28.2 Å². The van der Waals surface area contributed by atoms with E-state index in [2.05, 4.69) is 27.3 Å². The molecule has 1 saturated heterocycles. The van der Waals surface area contributed by atoms with E-state index in [0.29, 0.717) is 0 Å². The summed E-state index contributed by atoms with van der Waals surface area (Å²) in [6, 6.07) is 12.0. The summed E-state index contributed by atoms with van der Waals surface area (Å²) in [7, 11) is 0. The van der Waals surface area contributed by atoms with Crippen molar-refractivity contribution in [2.45, 2.75) is 26.3 Å². The zero-order valence-corrected chi connectivity index (χ0v) is 13.4. The van der Waals surface area contributed by atoms with Crippen LogP contribution < -0.4 is 5.32 Å². The Bertz CT molecular complexity index is 678. The molecule has 1 aliphatic heterocycles. The fourth-order valence-electron chi connectivity index (χ4n) is 2.56. The Balaban J connectivity index is 1.65. The molecule has 3 rings (SSSR count). The molecule has 0 radical (unpaired) electrons. The fraction of sp³-hybridized carbons (Fsp3) is 0.294. The summed E-state index contributed by atoms with van der Waals surface area (Å²) >= 11 is 1.52. The molecule has 1 aliphatic rings. The predicted molar refractivity (Wildman–Crippen MR) is 91.6 cm³/mol. The summed E-state index contributed by atoms with van der Waals surface area (Å²) < 4.78 is 0. The summed E-state index contributed by atoms with van der Waals surface area (Å²) in [4.78, 5) is 18.5. The van der Waals surface area contributed by atoms with E-state index in [4.69, 9.17) is 0 Å². The molecule has 114 valence electrons. The second-order valence-electron chi connectivity index (χ2n) is 5.46. The molecular formula is C17H19N3OS. The highest BCUT2D eigenvalue weighted by Crippen LogP contribution is 2.20. The predicted octanol–water partition coefficient (Wildman–Crippen LogP) is 4.28. The Morgan fingerprint density at radius 1 is 1.36 bits per heavy atom. The van der Waals surface area contributed by atoms with Crippen molar-refractivity contribution in [1.82, 2.24) is 4.90 Å². The lowest BCUT2D eigenvalue weighted by Gasteiger charge is -2.18. The van der Waals surface area contributed by atoms with Crippen molar-refractivity contribution in [2.75, 3.05) is 11.9 Å². The maximum Gasteiger partial charge on any atom is 0.347 e. The number of benzene rings is 1. The van der Waals surface area contributed by atoms with Gasteiger partial charge < -0.3 is 4.90 Å². The minimum atomic E-state index is -0.281. The Hall–Kier alpha value is -2.14. The Morgan fingerprint density at radius 3 is 2.91 bits per heavy atom. The standard InChI is InChI=1S/C17H19N3OS/c1-13-10-16(22-12-13)19-17(21)18-15-8-5-9-20(15)11-14-6-3-2-4-7-14/h2-4,6-7,10,12H,5,8-9,11H2,1H3,(H,19,21). The first-order chi connectivity index (χ1) is 10.7. The number of nitrogens with zero attached hydrogens (tertiary/aromatic N) is 2. The highest BCUT2D eigenvalue weighted by molar-refractivity contribution is 7.14. The number of anilines is 1. The smallest absolute Gasteiger partial charge is 0.347 e. The van der Waals surface area contributed by atoms with Gasteiger partial charge in [-0.2, -0.15) is 4.99 Å². The van der Waals surface area contributed by atoms with Gasteiger partial charge in [0.15, 0.2) is 0 Å². The van der Waals surface area contributed by atoms with Crippen molar-refractivity contribution in [2.24, 2.45) is 4.99 Å². The van der Waals surface area contributed by atoms with Gasteiger partial charge >= 0.3 is 6.03 Å². The third-order valence-electron chi connectivity index (χ3n) is 3.60. The van der Waals surface area contributed by atoms with Crippen molar-refractivity contribution in [3.63, 3.8) is 0 Å². The molecule has 1 aromatic carbocycles. The average Bonchev–Trinajstić information content (AvgIpc) is 3.10. The fourth-order valence-corrected chi connectivity index (χ4v) is 3.34. The van der Waals surface area contributed by atoms with Crippen LogP contribution in [0.5, 0.6) is 0 Å². The van der Waals surface area contributed by atoms with Gasteiger partial charge in [-0.25, -0.2) is 4.79 Å². The highest BCUT2D eigenvalue weighted by atomic mass is 32.1. The Kier molecular flexibility index (Phi) is 4.53. The molecule has 2 amide bonds. The molecule has 2 aromatic rings. The minimum Gasteiger partial charge on any atom is -0.356 e. The number of carbonyl (C=O) groups excluding carboxylic acids is 1. The lowest BCUT2D eigenvalue weighted by Crippen LogP contribution is -2.26. The number of carbonyl (C=O) groups is 1. The van der Waals surface area contributed by atoms with E-state index < -0.39 is 0 Å². The molecule has 0 bridgehead atoms. The van der Waals surface area contributed by atoms with Crippen molar-refractivity contribution in [1.29, 1.82) is 0 Å². The quantitative estimate of drug-likeness (QED) is 0.919. The van der Waals surface area contributed by atoms with E-state index in [1.54, 1.807) is 0 Å². The van der Waals surface area contributed by atoms with Crippen LogP contribution in [0.25, 0.3) is 0 Å². The molecule has 5 heteroatoms. The molecule has 2 heterocycles. The third kappa shape index (κ3) is 3.74. The van der Waals surface area contributed by atoms with E-state index in [-0.39, 0.29) is 6.03 Å². The van der Waals surface area contributed by atoms with Crippen LogP contribution in [0.4, 0.5) is 9.80 Å². The molecule has 0 unspecified atom stereocenters. The van der Waals surface area contributed by atoms with Crippen LogP contribution in [0, 0.1) is 6.92 Å². The molecule has 22 heavy (non-hydrogen) atoms. The van der Waals surface area contributed by atoms with E-state index in [0.717, 1.165) is 42.3 Å². The van der Waals surface area contributed by atoms with Gasteiger partial charge in [0.1, 0.15) is 5.84 Å². The van der Waals surface area contributed by atoms with E-state index in [9.17, 15) is 4.79 Å². The van der Waals surface area contributed by atoms with Gasteiger partial charge in [-0.1, -0.05) is 30.3 Å². The molecule has 0 spiro atoms. The van der Waals surface area contributed by atoms with Crippen LogP contribution in [-0.2, 0) is 6.54 Å². The number of urea groups is 1. The molecule has 1 N–H and O–H groups in total. The molecule has 0 aliphatic carbocycles. The summed E-state index contributed by atoms with van der Waals surface area (Å²) in [5, 5.41) is 5.70. The second-order valence-corrected chi connectivity index (χ2v) is 6.37. The third-order valence-corrected chi connectivity index (χ3v) is 4.56. The van der Waals surface area contributed by atoms with E-state index >= 15 is 0 Å². The first-order valence-corrected chi connectivity index (χ1v) is 8.31. The highest BCUT2D eigenvalue weighted by Gasteiger charge is 2.19. The minimum absolute atomic E-state index is 0.281. The molecular weight excluding hydrogens is 294 g/mol. The summed E-state index contributed by atoms with van der Waals surface area (Å²) in [6.07, 6.45) is 1.92. The summed E-state index contributed by atoms with van der Waals surface area (Å²) in [6.45, 7) is 3.78. The Morgan fingerprint density at radius 2 is 2.18 bits per heavy atom.